The number of nitrogens with zero attached hydrogens (tertiary/aromatic N) is 2. The molecule has 0 spiro atoms. The van der Waals surface area contributed by atoms with Gasteiger partial charge in [0.25, 0.3) is 0 Å². The van der Waals surface area contributed by atoms with Crippen LogP contribution in [0.15, 0.2) is 24.3 Å². The zero-order valence-electron chi connectivity index (χ0n) is 10.5. The first-order valence-electron chi connectivity index (χ1n) is 5.98. The van der Waals surface area contributed by atoms with E-state index in [-0.39, 0.29) is 11.8 Å². The molecule has 0 aliphatic carbocycles. The second-order valence-electron chi connectivity index (χ2n) is 4.71. The molecule has 1 aliphatic heterocycles. The number of likely N-dealkylation sites (N-methyl/N-ethyl adjacent to an activating group) is 1. The number of amidine groups is 1. The van der Waals surface area contributed by atoms with Crippen molar-refractivity contribution >= 4 is 17.2 Å². The highest BCUT2D eigenvalue weighted by molar-refractivity contribution is 5.80. The summed E-state index contributed by atoms with van der Waals surface area (Å²) in [6.45, 7) is 4.83. The average molecular weight is 232 g/mol. The van der Waals surface area contributed by atoms with E-state index in [1.165, 1.54) is 11.4 Å². The molecule has 0 radical (unpaired) electrons. The second-order valence-corrected chi connectivity index (χ2v) is 4.71. The van der Waals surface area contributed by atoms with Crippen molar-refractivity contribution in [3.05, 3.63) is 24.3 Å². The van der Waals surface area contributed by atoms with Crippen molar-refractivity contribution in [2.24, 2.45) is 11.7 Å². The van der Waals surface area contributed by atoms with Crippen LogP contribution in [0.2, 0.25) is 0 Å². The molecule has 1 aromatic rings. The molecule has 92 valence electrons. The van der Waals surface area contributed by atoms with Crippen LogP contribution < -0.4 is 15.5 Å². The average Bonchev–Trinajstić information content (AvgIpc) is 2.33. The number of para-hydroxylation sites is 2. The number of rotatable bonds is 3. The number of nitrogens with one attached hydrogen (secondary N) is 1. The molecule has 2 rings (SSSR count). The lowest BCUT2D eigenvalue weighted by Gasteiger charge is -2.38. The van der Waals surface area contributed by atoms with Crippen LogP contribution in [0.3, 0.4) is 0 Å². The van der Waals surface area contributed by atoms with E-state index in [9.17, 15) is 0 Å². The lowest BCUT2D eigenvalue weighted by atomic mass is 10.1. The van der Waals surface area contributed by atoms with Gasteiger partial charge < -0.3 is 15.5 Å². The fraction of sp³-hybridized carbons (Fsp3) is 0.462. The van der Waals surface area contributed by atoms with E-state index in [0.29, 0.717) is 0 Å². The number of benzene rings is 1. The van der Waals surface area contributed by atoms with Crippen molar-refractivity contribution in [2.45, 2.75) is 6.92 Å². The number of hydrogen-bond donors (Lipinski definition) is 2. The molecule has 1 unspecified atom stereocenters. The number of fused-ring (bicyclic) bond motifs is 1. The number of hydrogen-bond acceptors (Lipinski definition) is 3. The van der Waals surface area contributed by atoms with E-state index in [4.69, 9.17) is 11.1 Å². The van der Waals surface area contributed by atoms with Crippen molar-refractivity contribution in [2.75, 3.05) is 36.5 Å². The minimum absolute atomic E-state index is 0.103. The lowest BCUT2D eigenvalue weighted by Crippen LogP contribution is -2.43. The highest BCUT2D eigenvalue weighted by Crippen LogP contribution is 2.31. The maximum Gasteiger partial charge on any atom is 0.0952 e. The molecule has 0 saturated heterocycles. The Morgan fingerprint density at radius 1 is 1.35 bits per heavy atom. The highest BCUT2D eigenvalue weighted by Gasteiger charge is 2.21. The normalized spacial score (nSPS) is 16.6. The van der Waals surface area contributed by atoms with Gasteiger partial charge in [0, 0.05) is 32.6 Å². The van der Waals surface area contributed by atoms with Gasteiger partial charge in [-0.1, -0.05) is 19.1 Å². The first-order chi connectivity index (χ1) is 8.09. The molecule has 0 aromatic heterocycles. The Hall–Kier alpha value is -1.71. The Morgan fingerprint density at radius 3 is 2.65 bits per heavy atom. The second kappa shape index (κ2) is 4.65. The minimum atomic E-state index is 0.103. The topological polar surface area (TPSA) is 56.4 Å². The first-order valence-corrected chi connectivity index (χ1v) is 5.98. The molecule has 1 atom stereocenters. The van der Waals surface area contributed by atoms with Crippen molar-refractivity contribution < 1.29 is 0 Å². The van der Waals surface area contributed by atoms with E-state index in [2.05, 4.69) is 41.1 Å². The van der Waals surface area contributed by atoms with Crippen LogP contribution in [-0.2, 0) is 0 Å². The lowest BCUT2D eigenvalue weighted by molar-refractivity contribution is 0.661. The minimum Gasteiger partial charge on any atom is -0.387 e. The first kappa shape index (κ1) is 11.8. The molecular formula is C13H20N4. The molecule has 0 saturated carbocycles. The number of anilines is 2. The van der Waals surface area contributed by atoms with Gasteiger partial charge in [0.1, 0.15) is 0 Å². The maximum absolute atomic E-state index is 7.48. The molecular weight excluding hydrogens is 212 g/mol. The van der Waals surface area contributed by atoms with Crippen molar-refractivity contribution in [1.29, 1.82) is 5.41 Å². The monoisotopic (exact) mass is 232 g/mol. The molecule has 0 amide bonds. The smallest absolute Gasteiger partial charge is 0.0952 e. The highest BCUT2D eigenvalue weighted by atomic mass is 15.2. The van der Waals surface area contributed by atoms with Gasteiger partial charge in [0.15, 0.2) is 0 Å². The van der Waals surface area contributed by atoms with Crippen LogP contribution >= 0.6 is 0 Å². The Morgan fingerprint density at radius 2 is 2.00 bits per heavy atom. The van der Waals surface area contributed by atoms with Gasteiger partial charge in [-0.3, -0.25) is 5.41 Å². The van der Waals surface area contributed by atoms with Crippen LogP contribution in [0.25, 0.3) is 0 Å². The molecule has 4 heteroatoms. The summed E-state index contributed by atoms with van der Waals surface area (Å²) in [7, 11) is 2.12. The number of nitrogens with two attached hydrogens (primary N) is 1. The van der Waals surface area contributed by atoms with Gasteiger partial charge in [-0.25, -0.2) is 0 Å². The summed E-state index contributed by atoms with van der Waals surface area (Å²) in [4.78, 5) is 4.59. The van der Waals surface area contributed by atoms with Gasteiger partial charge in [-0.15, -0.1) is 0 Å². The fourth-order valence-corrected chi connectivity index (χ4v) is 2.18. The van der Waals surface area contributed by atoms with Crippen molar-refractivity contribution in [3.63, 3.8) is 0 Å². The molecule has 1 aliphatic rings. The van der Waals surface area contributed by atoms with Gasteiger partial charge in [-0.05, 0) is 12.1 Å². The summed E-state index contributed by atoms with van der Waals surface area (Å²) in [5.74, 6) is 0.368. The fourth-order valence-electron chi connectivity index (χ4n) is 2.18. The zero-order chi connectivity index (χ0) is 12.4. The zero-order valence-corrected chi connectivity index (χ0v) is 10.5. The van der Waals surface area contributed by atoms with Gasteiger partial charge in [0.05, 0.1) is 17.2 Å². The van der Waals surface area contributed by atoms with E-state index in [1.807, 2.05) is 6.92 Å². The maximum atomic E-state index is 7.48. The summed E-state index contributed by atoms with van der Waals surface area (Å²) >= 11 is 0. The molecule has 4 nitrogen and oxygen atoms in total. The third-order valence-electron chi connectivity index (χ3n) is 3.36. The summed E-state index contributed by atoms with van der Waals surface area (Å²) in [5, 5.41) is 7.48. The summed E-state index contributed by atoms with van der Waals surface area (Å²) in [5.41, 5.74) is 8.05. The quantitative estimate of drug-likeness (QED) is 0.613. The molecule has 1 aromatic carbocycles. The van der Waals surface area contributed by atoms with Crippen molar-refractivity contribution in [3.8, 4) is 0 Å². The van der Waals surface area contributed by atoms with E-state index in [1.54, 1.807) is 0 Å². The van der Waals surface area contributed by atoms with Crippen molar-refractivity contribution in [1.82, 2.24) is 0 Å². The predicted octanol–water partition coefficient (Wildman–Crippen LogP) is 1.51. The molecule has 17 heavy (non-hydrogen) atoms. The summed E-state index contributed by atoms with van der Waals surface area (Å²) in [6, 6.07) is 8.40. The van der Waals surface area contributed by atoms with E-state index in [0.717, 1.165) is 19.6 Å². The third-order valence-corrected chi connectivity index (χ3v) is 3.36. The van der Waals surface area contributed by atoms with Gasteiger partial charge in [-0.2, -0.15) is 0 Å². The molecule has 0 bridgehead atoms. The van der Waals surface area contributed by atoms with Crippen LogP contribution in [0.1, 0.15) is 6.92 Å². The summed E-state index contributed by atoms with van der Waals surface area (Å²) in [6.07, 6.45) is 0. The summed E-state index contributed by atoms with van der Waals surface area (Å²) < 4.78 is 0. The van der Waals surface area contributed by atoms with Crippen LogP contribution in [0.5, 0.6) is 0 Å². The Labute approximate surface area is 103 Å². The molecule has 1 heterocycles. The van der Waals surface area contributed by atoms with E-state index < -0.39 is 0 Å². The Balaban J connectivity index is 2.21. The standard InChI is InChI=1S/C13H20N4/c1-10(13(14)15)9-17-8-7-16(2)11-5-3-4-6-12(11)17/h3-6,10H,7-9H2,1-2H3,(H3,14,15). The Kier molecular flexibility index (Phi) is 3.22. The van der Waals surface area contributed by atoms with Gasteiger partial charge >= 0.3 is 0 Å². The van der Waals surface area contributed by atoms with Crippen LogP contribution in [-0.4, -0.2) is 32.5 Å². The van der Waals surface area contributed by atoms with Gasteiger partial charge in [0.2, 0.25) is 0 Å². The van der Waals surface area contributed by atoms with Crippen LogP contribution in [0, 0.1) is 11.3 Å². The third kappa shape index (κ3) is 2.35. The van der Waals surface area contributed by atoms with E-state index >= 15 is 0 Å². The molecule has 3 N–H and O–H groups in total. The molecule has 0 fully saturated rings. The largest absolute Gasteiger partial charge is 0.387 e. The van der Waals surface area contributed by atoms with Crippen LogP contribution in [0.4, 0.5) is 11.4 Å². The Bertz CT molecular complexity index is 416. The predicted molar refractivity (Wildman–Crippen MR) is 73.0 cm³/mol. The SMILES string of the molecule is CC(CN1CCN(C)c2ccccc21)C(=N)N.